The van der Waals surface area contributed by atoms with Gasteiger partial charge in [0.25, 0.3) is 20.2 Å². The second-order valence-electron chi connectivity index (χ2n) is 7.18. The Bertz CT molecular complexity index is 1680. The van der Waals surface area contributed by atoms with Gasteiger partial charge in [-0.3, -0.25) is 9.11 Å². The quantitative estimate of drug-likeness (QED) is 0.217. The van der Waals surface area contributed by atoms with Crippen molar-refractivity contribution in [2.45, 2.75) is 23.6 Å². The lowest BCUT2D eigenvalue weighted by Gasteiger charge is -2.12. The molecule has 4 rings (SSSR count). The topological polar surface area (TPSA) is 179 Å². The smallest absolute Gasteiger partial charge is 0.294 e. The number of aryl methyl sites for hydroxylation is 2. The first-order valence-corrected chi connectivity index (χ1v) is 12.1. The maximum atomic E-state index is 11.7. The zero-order valence-electron chi connectivity index (χ0n) is 17.1. The normalized spacial score (nSPS) is 12.7. The highest BCUT2D eigenvalue weighted by Crippen LogP contribution is 2.44. The molecule has 170 valence electrons. The van der Waals surface area contributed by atoms with Crippen LogP contribution in [0.1, 0.15) is 11.5 Å². The molecule has 4 aromatic rings. The lowest BCUT2D eigenvalue weighted by molar-refractivity contribution is 0.479. The summed E-state index contributed by atoms with van der Waals surface area (Å²) in [5, 5.41) is 19.9. The van der Waals surface area contributed by atoms with Crippen LogP contribution in [0.4, 0.5) is 11.5 Å². The minimum Gasteiger partial charge on any atom is -0.505 e. The summed E-state index contributed by atoms with van der Waals surface area (Å²) >= 11 is 0. The lowest BCUT2D eigenvalue weighted by atomic mass is 9.99. The zero-order chi connectivity index (χ0) is 24.1. The van der Waals surface area contributed by atoms with Gasteiger partial charge in [-0.2, -0.15) is 16.8 Å². The standard InChI is InChI=1S/C20H16N4O7S2/c1-10-7-18(22-11(2)21-10)23-24-19-16-8-12(32(26,27)28)3-5-14(16)15-6-4-13(33(29,30)31)9-17(15)20(19)25/h3-9,25H,1-2H3,(H,26,27,28)(H,29,30,31)/b24-23+. The predicted octanol–water partition coefficient (Wildman–Crippen LogP) is 4.01. The second-order valence-corrected chi connectivity index (χ2v) is 10.0. The molecule has 0 amide bonds. The Labute approximate surface area is 188 Å². The van der Waals surface area contributed by atoms with Crippen LogP contribution in [0.5, 0.6) is 5.75 Å². The molecule has 0 saturated carbocycles. The van der Waals surface area contributed by atoms with Crippen molar-refractivity contribution in [2.24, 2.45) is 10.2 Å². The summed E-state index contributed by atoms with van der Waals surface area (Å²) in [5.74, 6) is 0.0926. The molecule has 3 N–H and O–H groups in total. The molecule has 0 radical (unpaired) electrons. The Morgan fingerprint density at radius 1 is 0.727 bits per heavy atom. The predicted molar refractivity (Wildman–Crippen MR) is 118 cm³/mol. The van der Waals surface area contributed by atoms with Crippen LogP contribution in [-0.4, -0.2) is 41.0 Å². The molecule has 0 fully saturated rings. The Morgan fingerprint density at radius 2 is 1.27 bits per heavy atom. The highest BCUT2D eigenvalue weighted by atomic mass is 32.2. The molecule has 0 aliphatic rings. The van der Waals surface area contributed by atoms with Crippen molar-refractivity contribution in [3.63, 3.8) is 0 Å². The number of nitrogens with zero attached hydrogens (tertiary/aromatic N) is 4. The molecule has 0 aliphatic heterocycles. The van der Waals surface area contributed by atoms with E-state index in [1.165, 1.54) is 18.2 Å². The largest absolute Gasteiger partial charge is 0.505 e. The summed E-state index contributed by atoms with van der Waals surface area (Å²) in [6, 6.07) is 8.75. The number of azo groups is 1. The molecule has 0 saturated heterocycles. The van der Waals surface area contributed by atoms with Crippen LogP contribution < -0.4 is 0 Å². The molecule has 0 aliphatic carbocycles. The first kappa shape index (κ1) is 22.7. The molecule has 0 spiro atoms. The fourth-order valence-electron chi connectivity index (χ4n) is 3.44. The number of phenols is 1. The Balaban J connectivity index is 2.09. The van der Waals surface area contributed by atoms with Gasteiger partial charge < -0.3 is 5.11 Å². The number of benzene rings is 3. The van der Waals surface area contributed by atoms with E-state index >= 15 is 0 Å². The Kier molecular flexibility index (Phi) is 5.36. The highest BCUT2D eigenvalue weighted by Gasteiger charge is 2.20. The van der Waals surface area contributed by atoms with Gasteiger partial charge in [-0.05, 0) is 48.9 Å². The lowest BCUT2D eigenvalue weighted by Crippen LogP contribution is -1.99. The van der Waals surface area contributed by atoms with Crippen molar-refractivity contribution in [2.75, 3.05) is 0 Å². The molecule has 13 heteroatoms. The van der Waals surface area contributed by atoms with Crippen molar-refractivity contribution >= 4 is 53.3 Å². The van der Waals surface area contributed by atoms with Crippen LogP contribution in [-0.2, 0) is 20.2 Å². The first-order valence-electron chi connectivity index (χ1n) is 9.26. The number of aromatic nitrogens is 2. The number of hydrogen-bond donors (Lipinski definition) is 3. The fraction of sp³-hybridized carbons (Fsp3) is 0.100. The van der Waals surface area contributed by atoms with Gasteiger partial charge in [0, 0.05) is 22.5 Å². The van der Waals surface area contributed by atoms with E-state index in [0.29, 0.717) is 22.3 Å². The third kappa shape index (κ3) is 4.39. The molecule has 3 aromatic carbocycles. The molecule has 33 heavy (non-hydrogen) atoms. The van der Waals surface area contributed by atoms with Crippen molar-refractivity contribution in [1.29, 1.82) is 0 Å². The van der Waals surface area contributed by atoms with E-state index in [4.69, 9.17) is 0 Å². The van der Waals surface area contributed by atoms with Gasteiger partial charge in [-0.25, -0.2) is 9.97 Å². The van der Waals surface area contributed by atoms with Crippen LogP contribution in [0, 0.1) is 13.8 Å². The third-order valence-electron chi connectivity index (χ3n) is 4.81. The highest BCUT2D eigenvalue weighted by molar-refractivity contribution is 7.86. The first-order chi connectivity index (χ1) is 15.3. The Hall–Kier alpha value is -3.52. The van der Waals surface area contributed by atoms with Gasteiger partial charge in [0.15, 0.2) is 11.6 Å². The minimum atomic E-state index is -4.57. The molecular formula is C20H16N4O7S2. The van der Waals surface area contributed by atoms with Crippen molar-refractivity contribution < 1.29 is 31.0 Å². The fourth-order valence-corrected chi connectivity index (χ4v) is 4.45. The molecule has 0 bridgehead atoms. The summed E-state index contributed by atoms with van der Waals surface area (Å²) in [4.78, 5) is 7.36. The summed E-state index contributed by atoms with van der Waals surface area (Å²) in [6.45, 7) is 3.38. The molecule has 11 nitrogen and oxygen atoms in total. The van der Waals surface area contributed by atoms with Crippen LogP contribution >= 0.6 is 0 Å². The number of hydrogen-bond acceptors (Lipinski definition) is 9. The van der Waals surface area contributed by atoms with Crippen molar-refractivity contribution in [1.82, 2.24) is 9.97 Å². The van der Waals surface area contributed by atoms with Crippen LogP contribution in [0.3, 0.4) is 0 Å². The molecule has 1 heterocycles. The van der Waals surface area contributed by atoms with Crippen molar-refractivity contribution in [3.05, 3.63) is 54.0 Å². The minimum absolute atomic E-state index is 0.0289. The van der Waals surface area contributed by atoms with Gasteiger partial charge in [0.1, 0.15) is 11.5 Å². The average Bonchev–Trinajstić information content (AvgIpc) is 2.71. The second kappa shape index (κ2) is 7.81. The van der Waals surface area contributed by atoms with Crippen LogP contribution in [0.2, 0.25) is 0 Å². The van der Waals surface area contributed by atoms with E-state index < -0.39 is 35.8 Å². The molecule has 0 atom stereocenters. The molecule has 1 aromatic heterocycles. The van der Waals surface area contributed by atoms with Gasteiger partial charge in [0.2, 0.25) is 0 Å². The number of fused-ring (bicyclic) bond motifs is 3. The van der Waals surface area contributed by atoms with E-state index in [9.17, 15) is 31.0 Å². The monoisotopic (exact) mass is 488 g/mol. The number of aromatic hydroxyl groups is 1. The van der Waals surface area contributed by atoms with Crippen molar-refractivity contribution in [3.8, 4) is 5.75 Å². The van der Waals surface area contributed by atoms with Gasteiger partial charge in [-0.1, -0.05) is 12.1 Å². The maximum absolute atomic E-state index is 11.7. The molecular weight excluding hydrogens is 472 g/mol. The zero-order valence-corrected chi connectivity index (χ0v) is 18.8. The average molecular weight is 489 g/mol. The van der Waals surface area contributed by atoms with E-state index in [0.717, 1.165) is 24.3 Å². The van der Waals surface area contributed by atoms with E-state index in [2.05, 4.69) is 20.2 Å². The van der Waals surface area contributed by atoms with E-state index in [1.54, 1.807) is 13.8 Å². The third-order valence-corrected chi connectivity index (χ3v) is 6.51. The maximum Gasteiger partial charge on any atom is 0.294 e. The van der Waals surface area contributed by atoms with E-state index in [1.807, 2.05) is 0 Å². The van der Waals surface area contributed by atoms with E-state index in [-0.39, 0.29) is 22.3 Å². The van der Waals surface area contributed by atoms with Gasteiger partial charge >= 0.3 is 0 Å². The van der Waals surface area contributed by atoms with Crippen LogP contribution in [0.25, 0.3) is 21.5 Å². The summed E-state index contributed by atoms with van der Waals surface area (Å²) in [7, 11) is -9.13. The SMILES string of the molecule is Cc1cc(/N=N/c2c(O)c3cc(S(=O)(=O)O)ccc3c3ccc(S(=O)(=O)O)cc23)nc(C)n1. The Morgan fingerprint density at radius 3 is 1.82 bits per heavy atom. The molecule has 0 unspecified atom stereocenters. The summed E-state index contributed by atoms with van der Waals surface area (Å²) in [6.07, 6.45) is 0. The van der Waals surface area contributed by atoms with Crippen LogP contribution in [0.15, 0.2) is 62.5 Å². The van der Waals surface area contributed by atoms with Gasteiger partial charge in [0.05, 0.1) is 9.79 Å². The summed E-state index contributed by atoms with van der Waals surface area (Å²) in [5.41, 5.74) is 0.430. The summed E-state index contributed by atoms with van der Waals surface area (Å²) < 4.78 is 65.4. The number of phenolic OH excluding ortho intramolecular Hbond substituents is 1. The number of rotatable bonds is 4. The van der Waals surface area contributed by atoms with Gasteiger partial charge in [-0.15, -0.1) is 10.2 Å².